The van der Waals surface area contributed by atoms with E-state index in [1.807, 2.05) is 37.3 Å². The van der Waals surface area contributed by atoms with Gasteiger partial charge in [-0.2, -0.15) is 0 Å². The Bertz CT molecular complexity index is 694. The molecule has 0 saturated heterocycles. The Hall–Kier alpha value is -2.07. The molecule has 0 aliphatic rings. The zero-order valence-electron chi connectivity index (χ0n) is 13.6. The number of aromatic nitrogens is 1. The summed E-state index contributed by atoms with van der Waals surface area (Å²) in [5.41, 5.74) is 0.933. The lowest BCUT2D eigenvalue weighted by Crippen LogP contribution is -2.32. The molecule has 0 unspecified atom stereocenters. The molecule has 1 N–H and O–H groups in total. The van der Waals surface area contributed by atoms with Crippen molar-refractivity contribution in [1.82, 2.24) is 4.57 Å². The molecule has 0 fully saturated rings. The SMILES string of the molecule is CCCn1c(-c2ccc(OC)cc2)ccc(C(C)(C)O)c1=O. The molecule has 4 nitrogen and oxygen atoms in total. The number of aliphatic hydroxyl groups is 1. The average Bonchev–Trinajstić information content (AvgIpc) is 2.48. The van der Waals surface area contributed by atoms with E-state index in [2.05, 4.69) is 0 Å². The first-order valence-electron chi connectivity index (χ1n) is 7.49. The molecular weight excluding hydrogens is 278 g/mol. The van der Waals surface area contributed by atoms with E-state index < -0.39 is 5.60 Å². The second-order valence-corrected chi connectivity index (χ2v) is 5.88. The van der Waals surface area contributed by atoms with E-state index in [4.69, 9.17) is 4.74 Å². The molecule has 0 aliphatic carbocycles. The summed E-state index contributed by atoms with van der Waals surface area (Å²) in [6.07, 6.45) is 0.846. The summed E-state index contributed by atoms with van der Waals surface area (Å²) in [7, 11) is 1.63. The summed E-state index contributed by atoms with van der Waals surface area (Å²) in [6, 6.07) is 11.2. The zero-order chi connectivity index (χ0) is 16.3. The second kappa shape index (κ2) is 6.36. The van der Waals surface area contributed by atoms with Crippen molar-refractivity contribution >= 4 is 0 Å². The van der Waals surface area contributed by atoms with Crippen LogP contribution in [0.25, 0.3) is 11.3 Å². The van der Waals surface area contributed by atoms with E-state index in [0.717, 1.165) is 23.4 Å². The Morgan fingerprint density at radius 2 is 1.77 bits per heavy atom. The lowest BCUT2D eigenvalue weighted by Gasteiger charge is -2.21. The van der Waals surface area contributed by atoms with Crippen molar-refractivity contribution < 1.29 is 9.84 Å². The van der Waals surface area contributed by atoms with Gasteiger partial charge in [0.05, 0.1) is 18.4 Å². The van der Waals surface area contributed by atoms with E-state index in [9.17, 15) is 9.90 Å². The van der Waals surface area contributed by atoms with Crippen LogP contribution >= 0.6 is 0 Å². The molecule has 1 heterocycles. The highest BCUT2D eigenvalue weighted by Gasteiger charge is 2.22. The number of rotatable bonds is 5. The van der Waals surface area contributed by atoms with Crippen molar-refractivity contribution in [3.05, 3.63) is 52.3 Å². The highest BCUT2D eigenvalue weighted by Crippen LogP contribution is 2.24. The van der Waals surface area contributed by atoms with Crippen molar-refractivity contribution in [3.63, 3.8) is 0 Å². The van der Waals surface area contributed by atoms with Crippen molar-refractivity contribution in [1.29, 1.82) is 0 Å². The summed E-state index contributed by atoms with van der Waals surface area (Å²) in [5, 5.41) is 10.2. The van der Waals surface area contributed by atoms with Gasteiger partial charge >= 0.3 is 0 Å². The minimum atomic E-state index is -1.15. The number of hydrogen-bond donors (Lipinski definition) is 1. The van der Waals surface area contributed by atoms with Crippen molar-refractivity contribution in [2.45, 2.75) is 39.3 Å². The zero-order valence-corrected chi connectivity index (χ0v) is 13.6. The van der Waals surface area contributed by atoms with E-state index in [-0.39, 0.29) is 5.56 Å². The molecule has 0 atom stereocenters. The van der Waals surface area contributed by atoms with Crippen LogP contribution in [0.1, 0.15) is 32.8 Å². The molecule has 0 spiro atoms. The first kappa shape index (κ1) is 16.3. The first-order chi connectivity index (χ1) is 10.4. The average molecular weight is 301 g/mol. The Morgan fingerprint density at radius 3 is 2.27 bits per heavy atom. The van der Waals surface area contributed by atoms with Gasteiger partial charge in [-0.15, -0.1) is 0 Å². The quantitative estimate of drug-likeness (QED) is 0.923. The summed E-state index contributed by atoms with van der Waals surface area (Å²) in [5.74, 6) is 0.779. The molecule has 1 aromatic heterocycles. The van der Waals surface area contributed by atoms with Crippen molar-refractivity contribution in [2.24, 2.45) is 0 Å². The maximum Gasteiger partial charge on any atom is 0.257 e. The number of hydrogen-bond acceptors (Lipinski definition) is 3. The van der Waals surface area contributed by atoms with E-state index in [1.165, 1.54) is 0 Å². The minimum absolute atomic E-state index is 0.136. The Kier molecular flexibility index (Phi) is 4.71. The minimum Gasteiger partial charge on any atom is -0.497 e. The molecule has 0 radical (unpaired) electrons. The third-order valence-corrected chi connectivity index (χ3v) is 3.67. The molecule has 0 saturated carbocycles. The summed E-state index contributed by atoms with van der Waals surface area (Å²) < 4.78 is 6.90. The largest absolute Gasteiger partial charge is 0.497 e. The Morgan fingerprint density at radius 1 is 1.14 bits per heavy atom. The van der Waals surface area contributed by atoms with Crippen LogP contribution in [0.5, 0.6) is 5.75 Å². The van der Waals surface area contributed by atoms with Gasteiger partial charge in [0.15, 0.2) is 0 Å². The van der Waals surface area contributed by atoms with Crippen LogP contribution in [-0.2, 0) is 12.1 Å². The molecule has 2 rings (SSSR count). The summed E-state index contributed by atoms with van der Waals surface area (Å²) >= 11 is 0. The number of nitrogens with zero attached hydrogens (tertiary/aromatic N) is 1. The molecular formula is C18H23NO3. The molecule has 0 aliphatic heterocycles. The Labute approximate surface area is 131 Å². The third kappa shape index (κ3) is 3.22. The maximum absolute atomic E-state index is 12.7. The predicted octanol–water partition coefficient (Wildman–Crippen LogP) is 3.16. The standard InChI is InChI=1S/C18H23NO3/c1-5-12-19-16(13-6-8-14(22-4)9-7-13)11-10-15(17(19)20)18(2,3)21/h6-11,21H,5,12H2,1-4H3. The smallest absolute Gasteiger partial charge is 0.257 e. The van der Waals surface area contributed by atoms with Gasteiger partial charge < -0.3 is 14.4 Å². The van der Waals surface area contributed by atoms with Gasteiger partial charge in [-0.3, -0.25) is 4.79 Å². The van der Waals surface area contributed by atoms with E-state index in [1.54, 1.807) is 31.6 Å². The van der Waals surface area contributed by atoms with Crippen molar-refractivity contribution in [3.8, 4) is 17.0 Å². The lowest BCUT2D eigenvalue weighted by molar-refractivity contribution is 0.0765. The lowest BCUT2D eigenvalue weighted by atomic mass is 9.98. The van der Waals surface area contributed by atoms with Crippen LogP contribution in [0, 0.1) is 0 Å². The number of pyridine rings is 1. The molecule has 2 aromatic rings. The molecule has 118 valence electrons. The van der Waals surface area contributed by atoms with Gasteiger partial charge in [-0.1, -0.05) is 6.92 Å². The molecule has 22 heavy (non-hydrogen) atoms. The van der Waals surface area contributed by atoms with E-state index >= 15 is 0 Å². The number of methoxy groups -OCH3 is 1. The normalized spacial score (nSPS) is 11.5. The Balaban J connectivity index is 2.60. The second-order valence-electron chi connectivity index (χ2n) is 5.88. The summed E-state index contributed by atoms with van der Waals surface area (Å²) in [6.45, 7) is 5.91. The van der Waals surface area contributed by atoms with Crippen LogP contribution in [0.4, 0.5) is 0 Å². The topological polar surface area (TPSA) is 51.5 Å². The molecule has 1 aromatic carbocycles. The highest BCUT2D eigenvalue weighted by atomic mass is 16.5. The van der Waals surface area contributed by atoms with Gasteiger partial charge in [-0.05, 0) is 62.2 Å². The summed E-state index contributed by atoms with van der Waals surface area (Å²) in [4.78, 5) is 12.7. The molecule has 0 amide bonds. The van der Waals surface area contributed by atoms with Gasteiger partial charge in [-0.25, -0.2) is 0 Å². The third-order valence-electron chi connectivity index (χ3n) is 3.67. The highest BCUT2D eigenvalue weighted by molar-refractivity contribution is 5.61. The van der Waals surface area contributed by atoms with Crippen LogP contribution < -0.4 is 10.3 Å². The maximum atomic E-state index is 12.7. The van der Waals surface area contributed by atoms with E-state index in [0.29, 0.717) is 12.1 Å². The van der Waals surface area contributed by atoms with Gasteiger partial charge in [0.2, 0.25) is 0 Å². The van der Waals surface area contributed by atoms with Crippen LogP contribution in [0.2, 0.25) is 0 Å². The number of benzene rings is 1. The molecule has 0 bridgehead atoms. The van der Waals surface area contributed by atoms with Gasteiger partial charge in [0, 0.05) is 12.1 Å². The fourth-order valence-corrected chi connectivity index (χ4v) is 2.50. The van der Waals surface area contributed by atoms with Crippen LogP contribution in [0.15, 0.2) is 41.2 Å². The predicted molar refractivity (Wildman–Crippen MR) is 88.2 cm³/mol. The monoisotopic (exact) mass is 301 g/mol. The van der Waals surface area contributed by atoms with Gasteiger partial charge in [0.25, 0.3) is 5.56 Å². The van der Waals surface area contributed by atoms with Crippen LogP contribution in [-0.4, -0.2) is 16.8 Å². The fraction of sp³-hybridized carbons (Fsp3) is 0.389. The van der Waals surface area contributed by atoms with Crippen molar-refractivity contribution in [2.75, 3.05) is 7.11 Å². The van der Waals surface area contributed by atoms with Crippen LogP contribution in [0.3, 0.4) is 0 Å². The fourth-order valence-electron chi connectivity index (χ4n) is 2.50. The first-order valence-corrected chi connectivity index (χ1v) is 7.49. The van der Waals surface area contributed by atoms with Gasteiger partial charge in [0.1, 0.15) is 5.75 Å². The molecule has 4 heteroatoms. The number of ether oxygens (including phenoxy) is 1.